The lowest BCUT2D eigenvalue weighted by atomic mass is 10.1. The Balaban J connectivity index is 1.77. The molecule has 0 radical (unpaired) electrons. The highest BCUT2D eigenvalue weighted by Gasteiger charge is 2.06. The van der Waals surface area contributed by atoms with Crippen LogP contribution in [-0.2, 0) is 0 Å². The second-order valence-electron chi connectivity index (χ2n) is 5.40. The van der Waals surface area contributed by atoms with Gasteiger partial charge in [-0.15, -0.1) is 0 Å². The molecule has 3 nitrogen and oxygen atoms in total. The van der Waals surface area contributed by atoms with Crippen molar-refractivity contribution in [2.24, 2.45) is 10.2 Å². The molecule has 0 spiro atoms. The maximum absolute atomic E-state index is 4.27. The third-order valence-corrected chi connectivity index (χ3v) is 3.75. The van der Waals surface area contributed by atoms with E-state index in [1.54, 1.807) is 0 Å². The van der Waals surface area contributed by atoms with Crippen LogP contribution in [0.15, 0.2) is 89.1 Å². The summed E-state index contributed by atoms with van der Waals surface area (Å²) in [5, 5.41) is 8.51. The van der Waals surface area contributed by atoms with Crippen LogP contribution in [0.3, 0.4) is 0 Å². The molecule has 3 heteroatoms. The van der Waals surface area contributed by atoms with Gasteiger partial charge in [-0.1, -0.05) is 36.4 Å². The van der Waals surface area contributed by atoms with Crippen LogP contribution < -0.4 is 4.90 Å². The number of aryl methyl sites for hydroxylation is 1. The molecule has 3 aromatic carbocycles. The first-order valence-electron chi connectivity index (χ1n) is 7.60. The van der Waals surface area contributed by atoms with Crippen molar-refractivity contribution < 1.29 is 0 Å². The molecular weight excluding hydrogens is 282 g/mol. The molecular formula is C20H19N3. The summed E-state index contributed by atoms with van der Waals surface area (Å²) in [5.74, 6) is 0. The molecule has 0 aliphatic heterocycles. The van der Waals surface area contributed by atoms with Crippen LogP contribution in [0, 0.1) is 6.92 Å². The fourth-order valence-electron chi connectivity index (χ4n) is 2.43. The lowest BCUT2D eigenvalue weighted by molar-refractivity contribution is 1.18. The van der Waals surface area contributed by atoms with Crippen molar-refractivity contribution in [2.45, 2.75) is 6.92 Å². The molecule has 0 amide bonds. The van der Waals surface area contributed by atoms with Crippen molar-refractivity contribution >= 4 is 22.7 Å². The van der Waals surface area contributed by atoms with Crippen molar-refractivity contribution in [1.82, 2.24) is 0 Å². The minimum absolute atomic E-state index is 0.843. The van der Waals surface area contributed by atoms with Crippen molar-refractivity contribution in [3.05, 3.63) is 84.4 Å². The Morgan fingerprint density at radius 1 is 0.652 bits per heavy atom. The van der Waals surface area contributed by atoms with Crippen molar-refractivity contribution in [3.8, 4) is 0 Å². The summed E-state index contributed by atoms with van der Waals surface area (Å²) in [4.78, 5) is 2.17. The van der Waals surface area contributed by atoms with Gasteiger partial charge in [0.15, 0.2) is 0 Å². The van der Waals surface area contributed by atoms with E-state index < -0.39 is 0 Å². The van der Waals surface area contributed by atoms with Crippen molar-refractivity contribution in [2.75, 3.05) is 11.9 Å². The number of rotatable bonds is 4. The second-order valence-corrected chi connectivity index (χ2v) is 5.40. The Labute approximate surface area is 136 Å². The summed E-state index contributed by atoms with van der Waals surface area (Å²) in [6.45, 7) is 2.12. The van der Waals surface area contributed by atoms with Crippen LogP contribution in [0.25, 0.3) is 0 Å². The molecule has 0 heterocycles. The van der Waals surface area contributed by atoms with Gasteiger partial charge in [0, 0.05) is 18.4 Å². The Morgan fingerprint density at radius 2 is 1.22 bits per heavy atom. The Morgan fingerprint density at radius 3 is 1.87 bits per heavy atom. The first-order chi connectivity index (χ1) is 11.2. The van der Waals surface area contributed by atoms with Crippen LogP contribution in [0.1, 0.15) is 5.56 Å². The molecule has 0 aromatic heterocycles. The molecule has 0 atom stereocenters. The van der Waals surface area contributed by atoms with E-state index >= 15 is 0 Å². The van der Waals surface area contributed by atoms with E-state index in [1.165, 1.54) is 11.3 Å². The number of nitrogens with zero attached hydrogens (tertiary/aromatic N) is 3. The quantitative estimate of drug-likeness (QED) is 0.529. The summed E-state index contributed by atoms with van der Waals surface area (Å²) in [6, 6.07) is 26.2. The van der Waals surface area contributed by atoms with Gasteiger partial charge in [0.1, 0.15) is 0 Å². The normalized spacial score (nSPS) is 10.9. The van der Waals surface area contributed by atoms with Gasteiger partial charge in [-0.2, -0.15) is 10.2 Å². The molecule has 0 aliphatic carbocycles. The Bertz CT molecular complexity index is 793. The largest absolute Gasteiger partial charge is 0.344 e. The molecule has 3 aromatic rings. The minimum atomic E-state index is 0.843. The van der Waals surface area contributed by atoms with Gasteiger partial charge in [-0.3, -0.25) is 0 Å². The van der Waals surface area contributed by atoms with Crippen molar-refractivity contribution in [3.63, 3.8) is 0 Å². The number of hydrogen-bond acceptors (Lipinski definition) is 3. The van der Waals surface area contributed by atoms with Gasteiger partial charge in [0.25, 0.3) is 0 Å². The molecule has 0 saturated carbocycles. The molecule has 114 valence electrons. The second kappa shape index (κ2) is 6.88. The van der Waals surface area contributed by atoms with E-state index in [9.17, 15) is 0 Å². The minimum Gasteiger partial charge on any atom is -0.344 e. The fraction of sp³-hybridized carbons (Fsp3) is 0.100. The Hall–Kier alpha value is -2.94. The zero-order valence-electron chi connectivity index (χ0n) is 13.3. The van der Waals surface area contributed by atoms with Gasteiger partial charge in [0.2, 0.25) is 0 Å². The summed E-state index contributed by atoms with van der Waals surface area (Å²) < 4.78 is 0. The Kier molecular flexibility index (Phi) is 4.48. The monoisotopic (exact) mass is 301 g/mol. The summed E-state index contributed by atoms with van der Waals surface area (Å²) in [7, 11) is 2.07. The highest BCUT2D eigenvalue weighted by Crippen LogP contribution is 2.28. The van der Waals surface area contributed by atoms with Crippen molar-refractivity contribution in [1.29, 1.82) is 0 Å². The first-order valence-corrected chi connectivity index (χ1v) is 7.60. The molecule has 3 rings (SSSR count). The topological polar surface area (TPSA) is 28.0 Å². The van der Waals surface area contributed by atoms with Crippen LogP contribution in [0.2, 0.25) is 0 Å². The fourth-order valence-corrected chi connectivity index (χ4v) is 2.43. The van der Waals surface area contributed by atoms with E-state index in [0.29, 0.717) is 0 Å². The predicted octanol–water partition coefficient (Wildman–Crippen LogP) is 6.18. The lowest BCUT2D eigenvalue weighted by Gasteiger charge is -2.21. The van der Waals surface area contributed by atoms with E-state index in [-0.39, 0.29) is 0 Å². The average molecular weight is 301 g/mol. The maximum atomic E-state index is 4.27. The predicted molar refractivity (Wildman–Crippen MR) is 96.3 cm³/mol. The molecule has 0 aliphatic rings. The van der Waals surface area contributed by atoms with E-state index in [4.69, 9.17) is 0 Å². The summed E-state index contributed by atoms with van der Waals surface area (Å²) in [5.41, 5.74) is 5.27. The average Bonchev–Trinajstić information content (AvgIpc) is 2.61. The highest BCUT2D eigenvalue weighted by molar-refractivity contribution is 5.66. The van der Waals surface area contributed by atoms with Gasteiger partial charge < -0.3 is 4.90 Å². The molecule has 0 fully saturated rings. The molecule has 0 bridgehead atoms. The number of para-hydroxylation sites is 1. The molecule has 0 unspecified atom stereocenters. The first kappa shape index (κ1) is 15.0. The van der Waals surface area contributed by atoms with E-state index in [2.05, 4.69) is 65.5 Å². The molecule has 0 N–H and O–H groups in total. The zero-order valence-corrected chi connectivity index (χ0v) is 13.3. The zero-order chi connectivity index (χ0) is 16.1. The summed E-state index contributed by atoms with van der Waals surface area (Å²) >= 11 is 0. The number of hydrogen-bond donors (Lipinski definition) is 0. The van der Waals surface area contributed by atoms with Gasteiger partial charge in [-0.05, 0) is 55.0 Å². The van der Waals surface area contributed by atoms with Crippen LogP contribution in [0.4, 0.5) is 22.7 Å². The smallest absolute Gasteiger partial charge is 0.0858 e. The molecule has 0 saturated heterocycles. The van der Waals surface area contributed by atoms with E-state index in [0.717, 1.165) is 17.1 Å². The van der Waals surface area contributed by atoms with Gasteiger partial charge in [0.05, 0.1) is 11.4 Å². The third-order valence-electron chi connectivity index (χ3n) is 3.75. The maximum Gasteiger partial charge on any atom is 0.0858 e. The molecule has 23 heavy (non-hydrogen) atoms. The van der Waals surface area contributed by atoms with Crippen LogP contribution in [0.5, 0.6) is 0 Å². The number of anilines is 2. The van der Waals surface area contributed by atoms with Crippen LogP contribution >= 0.6 is 0 Å². The van der Waals surface area contributed by atoms with Gasteiger partial charge >= 0.3 is 0 Å². The van der Waals surface area contributed by atoms with Gasteiger partial charge in [-0.25, -0.2) is 0 Å². The highest BCUT2D eigenvalue weighted by atomic mass is 15.1. The third kappa shape index (κ3) is 3.64. The number of azo groups is 1. The lowest BCUT2D eigenvalue weighted by Crippen LogP contribution is -2.10. The van der Waals surface area contributed by atoms with E-state index in [1.807, 2.05) is 42.5 Å². The summed E-state index contributed by atoms with van der Waals surface area (Å²) in [6.07, 6.45) is 0. The SMILES string of the molecule is Cc1ccccc1N(C)c1ccc(/N=N/c2ccccc2)cc1. The standard InChI is InChI=1S/C20H19N3/c1-16-8-6-7-11-20(16)23(2)19-14-12-18(13-15-19)22-21-17-9-4-3-5-10-17/h3-15H,1-2H3/b22-21+. The van der Waals surface area contributed by atoms with Crippen LogP contribution in [-0.4, -0.2) is 7.05 Å². The number of benzene rings is 3.